The summed E-state index contributed by atoms with van der Waals surface area (Å²) in [6.45, 7) is 6.96. The summed E-state index contributed by atoms with van der Waals surface area (Å²) >= 11 is 0. The summed E-state index contributed by atoms with van der Waals surface area (Å²) < 4.78 is 12.3. The van der Waals surface area contributed by atoms with E-state index in [4.69, 9.17) is 9.47 Å². The van der Waals surface area contributed by atoms with Crippen LogP contribution in [0.4, 0.5) is 0 Å². The standard InChI is InChI=1S/C32H50NO3/c1-5-7-8-9-10-11-13-18-28-21-16-22-31(25-28)35-23-17-24-36-32(34)30(6-2)27-33(3,4)26-29-19-14-12-15-20-29/h12,14-16,19-22,25,30H,5-11,13,17-18,23-24,26-27H2,1-4H3/q+1. The minimum absolute atomic E-state index is 0.0894. The summed E-state index contributed by atoms with van der Waals surface area (Å²) in [4.78, 5) is 12.7. The highest BCUT2D eigenvalue weighted by atomic mass is 16.5. The Morgan fingerprint density at radius 1 is 0.806 bits per heavy atom. The Morgan fingerprint density at radius 3 is 2.22 bits per heavy atom. The van der Waals surface area contributed by atoms with Crippen LogP contribution in [0.2, 0.25) is 0 Å². The number of nitrogens with zero attached hydrogens (tertiary/aromatic N) is 1. The lowest BCUT2D eigenvalue weighted by atomic mass is 10.0. The van der Waals surface area contributed by atoms with Gasteiger partial charge in [0, 0.05) is 12.0 Å². The number of rotatable bonds is 19. The second-order valence-corrected chi connectivity index (χ2v) is 10.8. The van der Waals surface area contributed by atoms with E-state index < -0.39 is 0 Å². The molecule has 0 amide bonds. The van der Waals surface area contributed by atoms with Crippen LogP contribution in [0.15, 0.2) is 54.6 Å². The molecule has 0 fully saturated rings. The first-order chi connectivity index (χ1) is 17.4. The second-order valence-electron chi connectivity index (χ2n) is 10.8. The fourth-order valence-electron chi connectivity index (χ4n) is 4.73. The van der Waals surface area contributed by atoms with Crippen molar-refractivity contribution >= 4 is 5.97 Å². The zero-order valence-corrected chi connectivity index (χ0v) is 23.3. The maximum atomic E-state index is 12.7. The maximum absolute atomic E-state index is 12.7. The molecule has 0 radical (unpaired) electrons. The molecular formula is C32H50NO3+. The Labute approximate surface area is 220 Å². The van der Waals surface area contributed by atoms with Crippen LogP contribution in [0.1, 0.15) is 82.8 Å². The molecule has 0 spiro atoms. The van der Waals surface area contributed by atoms with E-state index >= 15 is 0 Å². The molecule has 0 aliphatic heterocycles. The fraction of sp³-hybridized carbons (Fsp3) is 0.594. The van der Waals surface area contributed by atoms with Gasteiger partial charge in [-0.2, -0.15) is 0 Å². The van der Waals surface area contributed by atoms with Gasteiger partial charge in [0.2, 0.25) is 0 Å². The number of aryl methyl sites for hydroxylation is 1. The molecule has 1 atom stereocenters. The van der Waals surface area contributed by atoms with Crippen molar-refractivity contribution in [2.75, 3.05) is 33.9 Å². The molecule has 0 aliphatic rings. The van der Waals surface area contributed by atoms with Gasteiger partial charge >= 0.3 is 5.97 Å². The average molecular weight is 497 g/mol. The summed E-state index contributed by atoms with van der Waals surface area (Å²) in [6.07, 6.45) is 11.9. The van der Waals surface area contributed by atoms with Gasteiger partial charge in [-0.25, -0.2) is 0 Å². The summed E-state index contributed by atoms with van der Waals surface area (Å²) in [5.41, 5.74) is 2.63. The predicted octanol–water partition coefficient (Wildman–Crippen LogP) is 7.59. The lowest BCUT2D eigenvalue weighted by molar-refractivity contribution is -0.906. The first-order valence-electron chi connectivity index (χ1n) is 14.2. The van der Waals surface area contributed by atoms with Crippen LogP contribution in [-0.2, 0) is 22.5 Å². The predicted molar refractivity (Wildman–Crippen MR) is 150 cm³/mol. The van der Waals surface area contributed by atoms with Gasteiger partial charge in [-0.1, -0.05) is 94.8 Å². The molecule has 0 saturated heterocycles. The largest absolute Gasteiger partial charge is 0.493 e. The van der Waals surface area contributed by atoms with Gasteiger partial charge in [0.25, 0.3) is 0 Å². The number of quaternary nitrogens is 1. The topological polar surface area (TPSA) is 35.5 Å². The molecule has 4 heteroatoms. The van der Waals surface area contributed by atoms with Crippen molar-refractivity contribution in [3.63, 3.8) is 0 Å². The second kappa shape index (κ2) is 17.2. The molecule has 2 aromatic carbocycles. The third-order valence-corrected chi connectivity index (χ3v) is 6.76. The van der Waals surface area contributed by atoms with Gasteiger partial charge < -0.3 is 14.0 Å². The molecule has 200 valence electrons. The number of benzene rings is 2. The Kier molecular flexibility index (Phi) is 14.3. The Balaban J connectivity index is 1.64. The van der Waals surface area contributed by atoms with Gasteiger partial charge in [-0.15, -0.1) is 0 Å². The summed E-state index contributed by atoms with van der Waals surface area (Å²) in [5, 5.41) is 0. The van der Waals surface area contributed by atoms with E-state index in [2.05, 4.69) is 70.4 Å². The van der Waals surface area contributed by atoms with Crippen LogP contribution in [0.5, 0.6) is 5.75 Å². The number of hydrogen-bond donors (Lipinski definition) is 0. The van der Waals surface area contributed by atoms with Gasteiger partial charge in [0.1, 0.15) is 18.2 Å². The number of unbranched alkanes of at least 4 members (excludes halogenated alkanes) is 6. The normalized spacial score (nSPS) is 12.3. The summed E-state index contributed by atoms with van der Waals surface area (Å²) in [6, 6.07) is 18.9. The molecule has 0 saturated carbocycles. The van der Waals surface area contributed by atoms with Gasteiger partial charge in [0.15, 0.2) is 0 Å². The average Bonchev–Trinajstić information content (AvgIpc) is 2.87. The van der Waals surface area contributed by atoms with Gasteiger partial charge in [-0.3, -0.25) is 4.79 Å². The highest BCUT2D eigenvalue weighted by Crippen LogP contribution is 2.18. The molecule has 4 nitrogen and oxygen atoms in total. The van der Waals surface area contributed by atoms with E-state index in [-0.39, 0.29) is 11.9 Å². The Morgan fingerprint density at radius 2 is 1.50 bits per heavy atom. The smallest absolute Gasteiger partial charge is 0.314 e. The number of hydrogen-bond acceptors (Lipinski definition) is 3. The number of ether oxygens (including phenoxy) is 2. The Hall–Kier alpha value is -2.33. The molecule has 1 unspecified atom stereocenters. The monoisotopic (exact) mass is 496 g/mol. The maximum Gasteiger partial charge on any atom is 0.314 e. The lowest BCUT2D eigenvalue weighted by Gasteiger charge is -2.32. The lowest BCUT2D eigenvalue weighted by Crippen LogP contribution is -2.44. The number of carbonyl (C=O) groups is 1. The molecule has 2 aromatic rings. The van der Waals surface area contributed by atoms with Crippen LogP contribution >= 0.6 is 0 Å². The third kappa shape index (κ3) is 12.6. The van der Waals surface area contributed by atoms with Crippen molar-refractivity contribution in [2.24, 2.45) is 5.92 Å². The van der Waals surface area contributed by atoms with Crippen LogP contribution < -0.4 is 4.74 Å². The highest BCUT2D eigenvalue weighted by molar-refractivity contribution is 5.72. The zero-order chi connectivity index (χ0) is 26.1. The van der Waals surface area contributed by atoms with E-state index in [9.17, 15) is 4.79 Å². The summed E-state index contributed by atoms with van der Waals surface area (Å²) in [5.74, 6) is 0.731. The first-order valence-corrected chi connectivity index (χ1v) is 14.2. The zero-order valence-electron chi connectivity index (χ0n) is 23.3. The Bertz CT molecular complexity index is 849. The quantitative estimate of drug-likeness (QED) is 0.114. The molecule has 0 aliphatic carbocycles. The van der Waals surface area contributed by atoms with Crippen molar-refractivity contribution in [3.8, 4) is 5.75 Å². The van der Waals surface area contributed by atoms with Gasteiger partial charge in [-0.05, 0) is 37.0 Å². The number of esters is 1. The van der Waals surface area contributed by atoms with Crippen LogP contribution in [-0.4, -0.2) is 44.3 Å². The molecule has 0 heterocycles. The molecular weight excluding hydrogens is 446 g/mol. The van der Waals surface area contributed by atoms with Crippen LogP contribution in [0.3, 0.4) is 0 Å². The van der Waals surface area contributed by atoms with Crippen molar-refractivity contribution in [3.05, 3.63) is 65.7 Å². The van der Waals surface area contributed by atoms with Crippen molar-refractivity contribution in [1.82, 2.24) is 0 Å². The third-order valence-electron chi connectivity index (χ3n) is 6.76. The summed E-state index contributed by atoms with van der Waals surface area (Å²) in [7, 11) is 4.36. The fourth-order valence-corrected chi connectivity index (χ4v) is 4.73. The molecule has 0 bridgehead atoms. The first kappa shape index (κ1) is 29.9. The molecule has 0 N–H and O–H groups in total. The van der Waals surface area contributed by atoms with Crippen LogP contribution in [0, 0.1) is 5.92 Å². The minimum Gasteiger partial charge on any atom is -0.493 e. The molecule has 36 heavy (non-hydrogen) atoms. The van der Waals surface area contributed by atoms with Gasteiger partial charge in [0.05, 0.1) is 33.9 Å². The highest BCUT2D eigenvalue weighted by Gasteiger charge is 2.27. The molecule has 2 rings (SSSR count). The van der Waals surface area contributed by atoms with Crippen molar-refractivity contribution in [2.45, 2.75) is 84.6 Å². The van der Waals surface area contributed by atoms with E-state index in [1.165, 1.54) is 56.1 Å². The minimum atomic E-state index is -0.0899. The van der Waals surface area contributed by atoms with E-state index in [0.717, 1.165) is 36.2 Å². The van der Waals surface area contributed by atoms with E-state index in [0.29, 0.717) is 19.6 Å². The van der Waals surface area contributed by atoms with Crippen molar-refractivity contribution in [1.29, 1.82) is 0 Å². The SMILES string of the molecule is CCCCCCCCCc1cccc(OCCCOC(=O)C(CC)C[N+](C)(C)Cc2ccccc2)c1. The number of carbonyl (C=O) groups excluding carboxylic acids is 1. The van der Waals surface area contributed by atoms with E-state index in [1.807, 2.05) is 12.1 Å². The molecule has 0 aromatic heterocycles. The van der Waals surface area contributed by atoms with Crippen LogP contribution in [0.25, 0.3) is 0 Å². The van der Waals surface area contributed by atoms with Crippen molar-refractivity contribution < 1.29 is 18.8 Å². The van der Waals surface area contributed by atoms with E-state index in [1.54, 1.807) is 0 Å².